The molecule has 144 valence electrons. The summed E-state index contributed by atoms with van der Waals surface area (Å²) in [4.78, 5) is 14.3. The van der Waals surface area contributed by atoms with Crippen molar-refractivity contribution in [2.75, 3.05) is 13.2 Å². The summed E-state index contributed by atoms with van der Waals surface area (Å²) < 4.78 is 7.44. The number of ether oxygens (including phenoxy) is 1. The maximum atomic E-state index is 12.5. The Morgan fingerprint density at radius 1 is 1.07 bits per heavy atom. The molecule has 6 nitrogen and oxygen atoms in total. The second-order valence-electron chi connectivity index (χ2n) is 6.89. The van der Waals surface area contributed by atoms with Crippen LogP contribution in [0.3, 0.4) is 0 Å². The highest BCUT2D eigenvalue weighted by Gasteiger charge is 2.24. The zero-order valence-corrected chi connectivity index (χ0v) is 15.6. The third-order valence-corrected chi connectivity index (χ3v) is 4.90. The summed E-state index contributed by atoms with van der Waals surface area (Å²) in [5.74, 6) is -0.0338. The number of hydrogen-bond donors (Lipinski definition) is 1. The van der Waals surface area contributed by atoms with Crippen LogP contribution in [0.15, 0.2) is 66.7 Å². The lowest BCUT2D eigenvalue weighted by molar-refractivity contribution is -0.138. The van der Waals surface area contributed by atoms with Crippen molar-refractivity contribution < 1.29 is 14.6 Å². The predicted molar refractivity (Wildman–Crippen MR) is 104 cm³/mol. The van der Waals surface area contributed by atoms with Crippen molar-refractivity contribution in [3.63, 3.8) is 0 Å². The molecule has 0 aliphatic carbocycles. The van der Waals surface area contributed by atoms with E-state index in [9.17, 15) is 9.90 Å². The lowest BCUT2D eigenvalue weighted by Gasteiger charge is -2.27. The monoisotopic (exact) mass is 377 g/mol. The first kappa shape index (κ1) is 18.4. The third kappa shape index (κ3) is 4.13. The Balaban J connectivity index is 1.35. The van der Waals surface area contributed by atoms with Crippen molar-refractivity contribution in [1.82, 2.24) is 14.7 Å². The molecule has 4 rings (SSSR count). The van der Waals surface area contributed by atoms with Crippen LogP contribution in [-0.2, 0) is 29.2 Å². The molecule has 1 atom stereocenters. The number of amides is 1. The van der Waals surface area contributed by atoms with Gasteiger partial charge in [-0.05, 0) is 17.2 Å². The van der Waals surface area contributed by atoms with E-state index >= 15 is 0 Å². The Hall–Kier alpha value is -2.96. The number of nitrogens with zero attached hydrogens (tertiary/aromatic N) is 3. The average Bonchev–Trinajstić information content (AvgIpc) is 3.18. The van der Waals surface area contributed by atoms with Gasteiger partial charge in [-0.3, -0.25) is 9.48 Å². The van der Waals surface area contributed by atoms with Crippen molar-refractivity contribution in [2.45, 2.75) is 25.8 Å². The largest absolute Gasteiger partial charge is 0.382 e. The van der Waals surface area contributed by atoms with Gasteiger partial charge in [-0.15, -0.1) is 0 Å². The molecule has 2 heterocycles. The maximum absolute atomic E-state index is 12.5. The predicted octanol–water partition coefficient (Wildman–Crippen LogP) is 2.52. The topological polar surface area (TPSA) is 67.6 Å². The molecule has 28 heavy (non-hydrogen) atoms. The van der Waals surface area contributed by atoms with Crippen LogP contribution >= 0.6 is 0 Å². The van der Waals surface area contributed by atoms with Crippen LogP contribution in [0.1, 0.15) is 28.6 Å². The molecule has 6 heteroatoms. The zero-order chi connectivity index (χ0) is 19.3. The first-order chi connectivity index (χ1) is 13.7. The summed E-state index contributed by atoms with van der Waals surface area (Å²) in [5, 5.41) is 15.1. The molecule has 0 spiro atoms. The minimum atomic E-state index is -0.766. The molecule has 0 saturated carbocycles. The van der Waals surface area contributed by atoms with E-state index in [0.717, 1.165) is 16.8 Å². The summed E-state index contributed by atoms with van der Waals surface area (Å²) in [5.41, 5.74) is 3.38. The number of aromatic nitrogens is 2. The highest BCUT2D eigenvalue weighted by atomic mass is 16.5. The molecule has 1 aliphatic heterocycles. The number of aliphatic hydroxyl groups excluding tert-OH is 1. The van der Waals surface area contributed by atoms with Crippen LogP contribution in [0.2, 0.25) is 0 Å². The Labute approximate surface area is 164 Å². The van der Waals surface area contributed by atoms with Gasteiger partial charge in [0.15, 0.2) is 0 Å². The molecular weight excluding hydrogens is 354 g/mol. The number of fused-ring (bicyclic) bond motifs is 1. The maximum Gasteiger partial charge on any atom is 0.248 e. The number of aliphatic hydroxyl groups is 1. The summed E-state index contributed by atoms with van der Waals surface area (Å²) >= 11 is 0. The van der Waals surface area contributed by atoms with Gasteiger partial charge >= 0.3 is 0 Å². The van der Waals surface area contributed by atoms with Crippen LogP contribution in [0, 0.1) is 0 Å². The van der Waals surface area contributed by atoms with E-state index in [1.165, 1.54) is 0 Å². The fourth-order valence-corrected chi connectivity index (χ4v) is 3.36. The molecule has 0 unspecified atom stereocenters. The van der Waals surface area contributed by atoms with Crippen molar-refractivity contribution in [2.24, 2.45) is 0 Å². The number of benzene rings is 2. The van der Waals surface area contributed by atoms with Gasteiger partial charge in [0.05, 0.1) is 31.1 Å². The SMILES string of the molecule is O=C(COCc1ccccc1)N1CCn2nc([C@@H](O)c3ccccc3)cc2C1. The fourth-order valence-electron chi connectivity index (χ4n) is 3.36. The average molecular weight is 377 g/mol. The first-order valence-electron chi connectivity index (χ1n) is 9.40. The highest BCUT2D eigenvalue weighted by molar-refractivity contribution is 5.77. The van der Waals surface area contributed by atoms with E-state index in [4.69, 9.17) is 4.74 Å². The van der Waals surface area contributed by atoms with Gasteiger partial charge in [0.25, 0.3) is 0 Å². The quantitative estimate of drug-likeness (QED) is 0.717. The number of carbonyl (C=O) groups is 1. The van der Waals surface area contributed by atoms with Crippen LogP contribution < -0.4 is 0 Å². The molecule has 1 aliphatic rings. The lowest BCUT2D eigenvalue weighted by Crippen LogP contribution is -2.40. The first-order valence-corrected chi connectivity index (χ1v) is 9.40. The number of rotatable bonds is 6. The van der Waals surface area contributed by atoms with Gasteiger partial charge < -0.3 is 14.7 Å². The van der Waals surface area contributed by atoms with E-state index in [1.807, 2.05) is 71.4 Å². The Morgan fingerprint density at radius 3 is 2.54 bits per heavy atom. The van der Waals surface area contributed by atoms with E-state index < -0.39 is 6.10 Å². The molecule has 0 fully saturated rings. The third-order valence-electron chi connectivity index (χ3n) is 4.90. The molecule has 1 N–H and O–H groups in total. The van der Waals surface area contributed by atoms with Crippen molar-refractivity contribution in [1.29, 1.82) is 0 Å². The van der Waals surface area contributed by atoms with E-state index in [2.05, 4.69) is 5.10 Å². The molecular formula is C22H23N3O3. The molecule has 0 saturated heterocycles. The van der Waals surface area contributed by atoms with Crippen molar-refractivity contribution in [3.05, 3.63) is 89.2 Å². The van der Waals surface area contributed by atoms with E-state index in [1.54, 1.807) is 4.90 Å². The molecule has 3 aromatic rings. The summed E-state index contributed by atoms with van der Waals surface area (Å²) in [7, 11) is 0. The highest BCUT2D eigenvalue weighted by Crippen LogP contribution is 2.23. The summed E-state index contributed by atoms with van der Waals surface area (Å²) in [6.07, 6.45) is -0.766. The van der Waals surface area contributed by atoms with E-state index in [-0.39, 0.29) is 12.5 Å². The molecule has 0 bridgehead atoms. The minimum Gasteiger partial charge on any atom is -0.382 e. The zero-order valence-electron chi connectivity index (χ0n) is 15.6. The van der Waals surface area contributed by atoms with Crippen LogP contribution in [-0.4, -0.2) is 38.8 Å². The number of hydrogen-bond acceptors (Lipinski definition) is 4. The van der Waals surface area contributed by atoms with Gasteiger partial charge in [0.1, 0.15) is 12.7 Å². The van der Waals surface area contributed by atoms with Crippen LogP contribution in [0.25, 0.3) is 0 Å². The van der Waals surface area contributed by atoms with Crippen molar-refractivity contribution >= 4 is 5.91 Å². The van der Waals surface area contributed by atoms with Gasteiger partial charge in [-0.25, -0.2) is 0 Å². The molecule has 1 aromatic heterocycles. The smallest absolute Gasteiger partial charge is 0.248 e. The van der Waals surface area contributed by atoms with Gasteiger partial charge in [-0.1, -0.05) is 60.7 Å². The normalized spacial score (nSPS) is 14.5. The Bertz CT molecular complexity index is 925. The molecule has 1 amide bonds. The molecule has 2 aromatic carbocycles. The van der Waals surface area contributed by atoms with Crippen molar-refractivity contribution in [3.8, 4) is 0 Å². The second kappa shape index (κ2) is 8.37. The lowest BCUT2D eigenvalue weighted by atomic mass is 10.1. The van der Waals surface area contributed by atoms with Gasteiger partial charge in [0, 0.05) is 6.54 Å². The minimum absolute atomic E-state index is 0.0338. The van der Waals surface area contributed by atoms with Gasteiger partial charge in [0.2, 0.25) is 5.91 Å². The van der Waals surface area contributed by atoms with Crippen LogP contribution in [0.5, 0.6) is 0 Å². The second-order valence-corrected chi connectivity index (χ2v) is 6.89. The standard InChI is InChI=1S/C22H23N3O3/c26-21(16-28-15-17-7-3-1-4-8-17)24-11-12-25-19(14-24)13-20(23-25)22(27)18-9-5-2-6-10-18/h1-10,13,22,27H,11-12,14-16H2/t22-/m0/s1. The Morgan fingerprint density at radius 2 is 1.79 bits per heavy atom. The number of carbonyl (C=O) groups excluding carboxylic acids is 1. The molecule has 0 radical (unpaired) electrons. The summed E-state index contributed by atoms with van der Waals surface area (Å²) in [6, 6.07) is 21.1. The van der Waals surface area contributed by atoms with Crippen LogP contribution in [0.4, 0.5) is 0 Å². The Kier molecular flexibility index (Phi) is 5.50. The van der Waals surface area contributed by atoms with Gasteiger partial charge in [-0.2, -0.15) is 5.10 Å². The van der Waals surface area contributed by atoms with E-state index in [0.29, 0.717) is 31.9 Å². The fraction of sp³-hybridized carbons (Fsp3) is 0.273. The summed E-state index contributed by atoms with van der Waals surface area (Å²) in [6.45, 7) is 2.15.